The molecule has 98 valence electrons. The van der Waals surface area contributed by atoms with E-state index >= 15 is 0 Å². The highest BCUT2D eigenvalue weighted by Gasteiger charge is 2.17. The highest BCUT2D eigenvalue weighted by molar-refractivity contribution is 5.96. The molecule has 5 N–H and O–H groups in total. The van der Waals surface area contributed by atoms with Gasteiger partial charge in [-0.3, -0.25) is 20.2 Å². The third-order valence-electron chi connectivity index (χ3n) is 1.72. The number of nitrogens with one attached hydrogen (secondary N) is 3. The van der Waals surface area contributed by atoms with E-state index in [1.807, 2.05) is 26.1 Å². The Morgan fingerprint density at radius 2 is 1.76 bits per heavy atom. The fourth-order valence-electron chi connectivity index (χ4n) is 1.03. The van der Waals surface area contributed by atoms with Gasteiger partial charge in [0, 0.05) is 5.54 Å². The van der Waals surface area contributed by atoms with Crippen LogP contribution in [0.25, 0.3) is 0 Å². The first-order chi connectivity index (χ1) is 7.61. The van der Waals surface area contributed by atoms with E-state index in [9.17, 15) is 14.4 Å². The minimum absolute atomic E-state index is 0.00931. The quantitative estimate of drug-likeness (QED) is 0.512. The van der Waals surface area contributed by atoms with Crippen molar-refractivity contribution in [3.8, 4) is 0 Å². The average molecular weight is 244 g/mol. The molecule has 0 aromatic rings. The molecule has 0 aromatic heterocycles. The van der Waals surface area contributed by atoms with E-state index in [0.29, 0.717) is 0 Å². The molecule has 7 nitrogen and oxygen atoms in total. The highest BCUT2D eigenvalue weighted by atomic mass is 16.2. The fraction of sp³-hybridized carbons (Fsp3) is 0.700. The molecule has 0 saturated carbocycles. The number of urea groups is 1. The third kappa shape index (κ3) is 8.21. The lowest BCUT2D eigenvalue weighted by Crippen LogP contribution is -2.50. The van der Waals surface area contributed by atoms with Crippen LogP contribution in [0.1, 0.15) is 27.7 Å². The second-order valence-electron chi connectivity index (χ2n) is 4.75. The maximum atomic E-state index is 11.4. The van der Waals surface area contributed by atoms with Crippen molar-refractivity contribution in [1.82, 2.24) is 16.0 Å². The number of nitrogens with two attached hydrogens (primary N) is 1. The van der Waals surface area contributed by atoms with Crippen LogP contribution in [0.15, 0.2) is 0 Å². The van der Waals surface area contributed by atoms with Gasteiger partial charge in [-0.1, -0.05) is 0 Å². The molecule has 0 aliphatic heterocycles. The van der Waals surface area contributed by atoms with Crippen LogP contribution in [0.5, 0.6) is 0 Å². The number of carbonyl (C=O) groups is 3. The van der Waals surface area contributed by atoms with Crippen LogP contribution in [-0.4, -0.2) is 36.0 Å². The molecule has 17 heavy (non-hydrogen) atoms. The molecule has 4 amide bonds. The van der Waals surface area contributed by atoms with Crippen LogP contribution < -0.4 is 21.7 Å². The molecule has 1 unspecified atom stereocenters. The molecule has 0 saturated heterocycles. The largest absolute Gasteiger partial charge is 0.351 e. The Kier molecular flexibility index (Phi) is 5.60. The summed E-state index contributed by atoms with van der Waals surface area (Å²) in [5, 5.41) is 7.33. The van der Waals surface area contributed by atoms with Gasteiger partial charge < -0.3 is 11.1 Å². The summed E-state index contributed by atoms with van der Waals surface area (Å²) < 4.78 is 0. The van der Waals surface area contributed by atoms with Crippen molar-refractivity contribution in [1.29, 1.82) is 0 Å². The number of rotatable bonds is 4. The van der Waals surface area contributed by atoms with E-state index in [0.717, 1.165) is 0 Å². The van der Waals surface area contributed by atoms with Crippen LogP contribution in [-0.2, 0) is 9.59 Å². The Labute approximate surface area is 100 Å². The summed E-state index contributed by atoms with van der Waals surface area (Å²) in [7, 11) is 0. The zero-order valence-corrected chi connectivity index (χ0v) is 10.6. The minimum Gasteiger partial charge on any atom is -0.351 e. The van der Waals surface area contributed by atoms with E-state index < -0.39 is 18.0 Å². The summed E-state index contributed by atoms with van der Waals surface area (Å²) in [6.07, 6.45) is 0. The van der Waals surface area contributed by atoms with Gasteiger partial charge in [0.25, 0.3) is 0 Å². The number of hydrogen-bond acceptors (Lipinski definition) is 4. The zero-order valence-electron chi connectivity index (χ0n) is 10.6. The van der Waals surface area contributed by atoms with Gasteiger partial charge in [0.1, 0.15) is 0 Å². The first-order valence-corrected chi connectivity index (χ1v) is 5.26. The molecule has 0 aliphatic rings. The summed E-state index contributed by atoms with van der Waals surface area (Å²) in [6.45, 7) is 7.09. The lowest BCUT2D eigenvalue weighted by atomic mass is 10.1. The van der Waals surface area contributed by atoms with Gasteiger partial charge in [-0.2, -0.15) is 0 Å². The van der Waals surface area contributed by atoms with E-state index in [2.05, 4.69) is 10.6 Å². The Bertz CT molecular complexity index is 309. The molecule has 0 heterocycles. The number of carbonyl (C=O) groups excluding carboxylic acids is 3. The molecular weight excluding hydrogens is 224 g/mol. The SMILES string of the molecule is CC(NCC(=O)NC(C)(C)C)C(=O)NC(N)=O. The second kappa shape index (κ2) is 6.19. The number of primary amides is 1. The van der Waals surface area contributed by atoms with Crippen molar-refractivity contribution in [2.75, 3.05) is 6.54 Å². The average Bonchev–Trinajstić information content (AvgIpc) is 2.10. The van der Waals surface area contributed by atoms with Crippen molar-refractivity contribution >= 4 is 17.8 Å². The van der Waals surface area contributed by atoms with E-state index in [1.165, 1.54) is 6.92 Å². The Balaban J connectivity index is 3.99. The van der Waals surface area contributed by atoms with Gasteiger partial charge in [-0.05, 0) is 27.7 Å². The first kappa shape index (κ1) is 15.4. The van der Waals surface area contributed by atoms with Crippen molar-refractivity contribution in [2.45, 2.75) is 39.3 Å². The Morgan fingerprint density at radius 3 is 2.18 bits per heavy atom. The van der Waals surface area contributed by atoms with Crippen molar-refractivity contribution in [3.63, 3.8) is 0 Å². The van der Waals surface area contributed by atoms with Crippen molar-refractivity contribution < 1.29 is 14.4 Å². The fourth-order valence-corrected chi connectivity index (χ4v) is 1.03. The predicted molar refractivity (Wildman–Crippen MR) is 63.1 cm³/mol. The molecular formula is C10H20N4O3. The zero-order chi connectivity index (χ0) is 13.6. The van der Waals surface area contributed by atoms with Crippen LogP contribution in [0.2, 0.25) is 0 Å². The second-order valence-corrected chi connectivity index (χ2v) is 4.75. The van der Waals surface area contributed by atoms with E-state index in [-0.39, 0.29) is 18.0 Å². The van der Waals surface area contributed by atoms with Gasteiger partial charge in [0.15, 0.2) is 0 Å². The molecule has 0 bridgehead atoms. The molecule has 1 atom stereocenters. The van der Waals surface area contributed by atoms with Gasteiger partial charge in [0.05, 0.1) is 12.6 Å². The summed E-state index contributed by atoms with van der Waals surface area (Å²) in [4.78, 5) is 33.1. The smallest absolute Gasteiger partial charge is 0.318 e. The van der Waals surface area contributed by atoms with Crippen LogP contribution >= 0.6 is 0 Å². The predicted octanol–water partition coefficient (Wildman–Crippen LogP) is -0.926. The van der Waals surface area contributed by atoms with Gasteiger partial charge in [-0.15, -0.1) is 0 Å². The lowest BCUT2D eigenvalue weighted by Gasteiger charge is -2.21. The molecule has 7 heteroatoms. The molecule has 0 aromatic carbocycles. The standard InChI is InChI=1S/C10H20N4O3/c1-6(8(16)13-9(11)17)12-5-7(15)14-10(2,3)4/h6,12H,5H2,1-4H3,(H,14,15)(H3,11,13,16,17). The van der Waals surface area contributed by atoms with Crippen LogP contribution in [0.3, 0.4) is 0 Å². The van der Waals surface area contributed by atoms with Crippen LogP contribution in [0, 0.1) is 0 Å². The van der Waals surface area contributed by atoms with Gasteiger partial charge in [-0.25, -0.2) is 4.79 Å². The maximum absolute atomic E-state index is 11.4. The lowest BCUT2D eigenvalue weighted by molar-refractivity contribution is -0.123. The number of hydrogen-bond donors (Lipinski definition) is 4. The van der Waals surface area contributed by atoms with E-state index in [1.54, 1.807) is 0 Å². The topological polar surface area (TPSA) is 113 Å². The van der Waals surface area contributed by atoms with Gasteiger partial charge in [0.2, 0.25) is 11.8 Å². The summed E-state index contributed by atoms with van der Waals surface area (Å²) in [5.41, 5.74) is 4.47. The molecule has 0 aliphatic carbocycles. The first-order valence-electron chi connectivity index (χ1n) is 5.26. The van der Waals surface area contributed by atoms with Crippen molar-refractivity contribution in [3.05, 3.63) is 0 Å². The minimum atomic E-state index is -0.914. The van der Waals surface area contributed by atoms with E-state index in [4.69, 9.17) is 5.73 Å². The normalized spacial score (nSPS) is 12.7. The third-order valence-corrected chi connectivity index (χ3v) is 1.72. The molecule has 0 rings (SSSR count). The molecule has 0 spiro atoms. The van der Waals surface area contributed by atoms with Crippen molar-refractivity contribution in [2.24, 2.45) is 5.73 Å². The van der Waals surface area contributed by atoms with Crippen LogP contribution in [0.4, 0.5) is 4.79 Å². The number of imide groups is 1. The van der Waals surface area contributed by atoms with Gasteiger partial charge >= 0.3 is 6.03 Å². The summed E-state index contributed by atoms with van der Waals surface area (Å²) in [6, 6.07) is -1.59. The number of amides is 4. The highest BCUT2D eigenvalue weighted by Crippen LogP contribution is 1.97. The monoisotopic (exact) mass is 244 g/mol. The Hall–Kier alpha value is -1.63. The molecule has 0 radical (unpaired) electrons. The summed E-state index contributed by atoms with van der Waals surface area (Å²) in [5.74, 6) is -0.794. The maximum Gasteiger partial charge on any atom is 0.318 e. The summed E-state index contributed by atoms with van der Waals surface area (Å²) >= 11 is 0. The Morgan fingerprint density at radius 1 is 1.24 bits per heavy atom. The molecule has 0 fully saturated rings.